The minimum absolute atomic E-state index is 0.102. The number of fused-ring (bicyclic) bond motifs is 2. The maximum Gasteiger partial charge on any atom is 0.231 e. The van der Waals surface area contributed by atoms with Crippen LogP contribution in [0.15, 0.2) is 54.2 Å². The van der Waals surface area contributed by atoms with Crippen molar-refractivity contribution in [3.63, 3.8) is 0 Å². The van der Waals surface area contributed by atoms with Gasteiger partial charge in [0.15, 0.2) is 11.5 Å². The Balaban J connectivity index is 1.52. The molecule has 5 rings (SSSR count). The summed E-state index contributed by atoms with van der Waals surface area (Å²) in [5, 5.41) is 0. The highest BCUT2D eigenvalue weighted by molar-refractivity contribution is 7.90. The average molecular weight is 400 g/mol. The number of sulfonamides is 1. The van der Waals surface area contributed by atoms with Gasteiger partial charge in [-0.3, -0.25) is 0 Å². The van der Waals surface area contributed by atoms with Gasteiger partial charge in [-0.2, -0.15) is 4.31 Å². The highest BCUT2D eigenvalue weighted by Gasteiger charge is 2.49. The first-order valence-electron chi connectivity index (χ1n) is 9.94. The maximum absolute atomic E-state index is 13.7. The molecule has 1 fully saturated rings. The van der Waals surface area contributed by atoms with Crippen LogP contribution in [0.2, 0.25) is 0 Å². The molecule has 0 N–H and O–H groups in total. The van der Waals surface area contributed by atoms with E-state index in [4.69, 9.17) is 9.47 Å². The van der Waals surface area contributed by atoms with Crippen molar-refractivity contribution in [2.24, 2.45) is 0 Å². The number of benzene rings is 1. The number of hydrogen-bond donors (Lipinski definition) is 0. The summed E-state index contributed by atoms with van der Waals surface area (Å²) in [6.45, 7) is 2.65. The van der Waals surface area contributed by atoms with Crippen LogP contribution in [0.5, 0.6) is 11.5 Å². The topological polar surface area (TPSA) is 55.8 Å². The van der Waals surface area contributed by atoms with E-state index in [0.29, 0.717) is 13.0 Å². The summed E-state index contributed by atoms with van der Waals surface area (Å²) < 4.78 is 39.3. The standard InChI is InChI=1S/C22H25NO4S/c1-22(11-3-2-4-12-22)28(24,25)23-13-10-16-6-5-7-18(21(16)23)17-8-9-19-20(14-17)27-15-26-19/h2-4,6,8-9,11,14,18,21H,5,7,10,12-13,15H2,1H3/t18-,21+,22?/m0/s1. The Morgan fingerprint density at radius 2 is 2.04 bits per heavy atom. The third-order valence-corrected chi connectivity index (χ3v) is 9.03. The van der Waals surface area contributed by atoms with Crippen LogP contribution in [-0.2, 0) is 10.0 Å². The first-order valence-corrected chi connectivity index (χ1v) is 11.4. The second-order valence-electron chi connectivity index (χ2n) is 8.19. The van der Waals surface area contributed by atoms with Crippen LogP contribution >= 0.6 is 0 Å². The number of ether oxygens (including phenoxy) is 2. The van der Waals surface area contributed by atoms with Crippen molar-refractivity contribution in [2.45, 2.75) is 49.3 Å². The van der Waals surface area contributed by atoms with E-state index in [2.05, 4.69) is 12.1 Å². The SMILES string of the molecule is CC1(S(=O)(=O)N2CCC3=CCC[C@@H](c4ccc5c(c4)OCO5)[C@@H]32)C=CC=CC1. The molecule has 0 saturated carbocycles. The van der Waals surface area contributed by atoms with E-state index in [1.165, 1.54) is 5.57 Å². The van der Waals surface area contributed by atoms with Crippen molar-refractivity contribution in [3.8, 4) is 11.5 Å². The molecule has 28 heavy (non-hydrogen) atoms. The molecule has 2 aliphatic heterocycles. The fourth-order valence-corrected chi connectivity index (χ4v) is 6.93. The van der Waals surface area contributed by atoms with Gasteiger partial charge in [0.2, 0.25) is 16.8 Å². The normalized spacial score (nSPS) is 31.7. The molecule has 1 aromatic carbocycles. The largest absolute Gasteiger partial charge is 0.454 e. The van der Waals surface area contributed by atoms with E-state index in [-0.39, 0.29) is 18.8 Å². The number of nitrogens with zero attached hydrogens (tertiary/aromatic N) is 1. The van der Waals surface area contributed by atoms with Gasteiger partial charge in [0.25, 0.3) is 0 Å². The zero-order valence-electron chi connectivity index (χ0n) is 16.0. The first kappa shape index (κ1) is 18.0. The molecule has 2 aliphatic carbocycles. The molecule has 148 valence electrons. The molecular formula is C22H25NO4S. The summed E-state index contributed by atoms with van der Waals surface area (Å²) in [5.74, 6) is 1.66. The van der Waals surface area contributed by atoms with E-state index in [0.717, 1.165) is 36.3 Å². The minimum atomic E-state index is -3.49. The van der Waals surface area contributed by atoms with Gasteiger partial charge in [0.1, 0.15) is 4.75 Å². The molecule has 1 saturated heterocycles. The second-order valence-corrected chi connectivity index (χ2v) is 10.5. The summed E-state index contributed by atoms with van der Waals surface area (Å²) in [7, 11) is -3.49. The predicted octanol–water partition coefficient (Wildman–Crippen LogP) is 3.90. The lowest BCUT2D eigenvalue weighted by atomic mass is 9.80. The summed E-state index contributed by atoms with van der Waals surface area (Å²) in [5.41, 5.74) is 2.39. The van der Waals surface area contributed by atoms with Crippen molar-refractivity contribution in [1.82, 2.24) is 4.31 Å². The molecule has 0 amide bonds. The van der Waals surface area contributed by atoms with Gasteiger partial charge in [-0.25, -0.2) is 8.42 Å². The Hall–Kier alpha value is -2.05. The molecule has 0 bridgehead atoms. The lowest BCUT2D eigenvalue weighted by Gasteiger charge is -2.39. The first-order chi connectivity index (χ1) is 13.5. The molecule has 2 heterocycles. The third kappa shape index (κ3) is 2.65. The van der Waals surface area contributed by atoms with E-state index >= 15 is 0 Å². The molecule has 1 aromatic rings. The third-order valence-electron chi connectivity index (χ3n) is 6.52. The molecule has 5 nitrogen and oxygen atoms in total. The van der Waals surface area contributed by atoms with Crippen LogP contribution in [0.4, 0.5) is 0 Å². The van der Waals surface area contributed by atoms with Gasteiger partial charge in [-0.15, -0.1) is 0 Å². The quantitative estimate of drug-likeness (QED) is 0.724. The Kier molecular flexibility index (Phi) is 4.18. The Morgan fingerprint density at radius 1 is 1.18 bits per heavy atom. The van der Waals surface area contributed by atoms with Gasteiger partial charge < -0.3 is 9.47 Å². The van der Waals surface area contributed by atoms with E-state index < -0.39 is 14.8 Å². The lowest BCUT2D eigenvalue weighted by Crippen LogP contribution is -2.49. The Morgan fingerprint density at radius 3 is 2.86 bits per heavy atom. The zero-order valence-corrected chi connectivity index (χ0v) is 16.8. The highest BCUT2D eigenvalue weighted by Crippen LogP contribution is 2.46. The van der Waals surface area contributed by atoms with Crippen molar-refractivity contribution in [1.29, 1.82) is 0 Å². The molecule has 0 spiro atoms. The number of rotatable bonds is 3. The van der Waals surface area contributed by atoms with Gasteiger partial charge in [0, 0.05) is 12.5 Å². The Bertz CT molecular complexity index is 994. The summed E-state index contributed by atoms with van der Waals surface area (Å²) in [6.07, 6.45) is 13.1. The van der Waals surface area contributed by atoms with Crippen molar-refractivity contribution >= 4 is 10.0 Å². The molecule has 3 atom stereocenters. The van der Waals surface area contributed by atoms with Gasteiger partial charge in [0.05, 0.1) is 6.04 Å². The minimum Gasteiger partial charge on any atom is -0.454 e. The Labute approximate surface area is 166 Å². The molecule has 0 aromatic heterocycles. The van der Waals surface area contributed by atoms with Gasteiger partial charge in [-0.1, -0.05) is 42.0 Å². The smallest absolute Gasteiger partial charge is 0.231 e. The van der Waals surface area contributed by atoms with E-state index in [1.807, 2.05) is 43.4 Å². The molecule has 0 radical (unpaired) electrons. The van der Waals surface area contributed by atoms with Crippen LogP contribution < -0.4 is 9.47 Å². The summed E-state index contributed by atoms with van der Waals surface area (Å²) >= 11 is 0. The van der Waals surface area contributed by atoms with Crippen LogP contribution in [0.25, 0.3) is 0 Å². The van der Waals surface area contributed by atoms with Crippen molar-refractivity contribution in [2.75, 3.05) is 13.3 Å². The van der Waals surface area contributed by atoms with E-state index in [1.54, 1.807) is 4.31 Å². The number of allylic oxidation sites excluding steroid dienone is 4. The predicted molar refractivity (Wildman–Crippen MR) is 108 cm³/mol. The van der Waals surface area contributed by atoms with Crippen LogP contribution in [-0.4, -0.2) is 36.8 Å². The van der Waals surface area contributed by atoms with Gasteiger partial charge >= 0.3 is 0 Å². The highest BCUT2D eigenvalue weighted by atomic mass is 32.2. The van der Waals surface area contributed by atoms with Crippen LogP contribution in [0, 0.1) is 0 Å². The van der Waals surface area contributed by atoms with E-state index in [9.17, 15) is 8.42 Å². The van der Waals surface area contributed by atoms with Crippen LogP contribution in [0.1, 0.15) is 44.1 Å². The van der Waals surface area contributed by atoms with Crippen LogP contribution in [0.3, 0.4) is 0 Å². The van der Waals surface area contributed by atoms with Crippen molar-refractivity contribution < 1.29 is 17.9 Å². The fraction of sp³-hybridized carbons (Fsp3) is 0.455. The average Bonchev–Trinajstić information content (AvgIpc) is 3.34. The zero-order chi connectivity index (χ0) is 19.4. The summed E-state index contributed by atoms with van der Waals surface area (Å²) in [4.78, 5) is 0. The fourth-order valence-electron chi connectivity index (χ4n) is 4.93. The molecule has 6 heteroatoms. The molecular weight excluding hydrogens is 374 g/mol. The summed E-state index contributed by atoms with van der Waals surface area (Å²) in [6, 6.07) is 5.94. The maximum atomic E-state index is 13.7. The van der Waals surface area contributed by atoms with Gasteiger partial charge in [-0.05, 0) is 50.3 Å². The molecule has 1 unspecified atom stereocenters. The molecule has 4 aliphatic rings. The second kappa shape index (κ2) is 6.49. The monoisotopic (exact) mass is 399 g/mol. The van der Waals surface area contributed by atoms with Crippen molar-refractivity contribution in [3.05, 3.63) is 59.7 Å². The number of hydrogen-bond acceptors (Lipinski definition) is 4. The lowest BCUT2D eigenvalue weighted by molar-refractivity contribution is 0.174.